The molecule has 1 aliphatic rings. The number of carbonyl (C=O) groups is 1. The molecule has 0 atom stereocenters. The van der Waals surface area contributed by atoms with Crippen molar-refractivity contribution >= 4 is 5.91 Å². The first-order chi connectivity index (χ1) is 17.3. The van der Waals surface area contributed by atoms with Crippen LogP contribution in [0.15, 0.2) is 53.2 Å². The van der Waals surface area contributed by atoms with E-state index >= 15 is 0 Å². The molecule has 0 unspecified atom stereocenters. The van der Waals surface area contributed by atoms with Crippen molar-refractivity contribution < 1.29 is 13.9 Å². The van der Waals surface area contributed by atoms with Gasteiger partial charge in [-0.25, -0.2) is 4.98 Å². The van der Waals surface area contributed by atoms with Gasteiger partial charge in [-0.15, -0.1) is 0 Å². The number of nitrogens with zero attached hydrogens (tertiary/aromatic N) is 3. The SMILES string of the molecule is Cc1oc(-c2ccc(C(=O)NCc3cccnc3)cc2)nc1CCCOC1CCN(C(C)(C)C)CC1. The van der Waals surface area contributed by atoms with Crippen LogP contribution in [0, 0.1) is 6.92 Å². The summed E-state index contributed by atoms with van der Waals surface area (Å²) >= 11 is 0. The molecular formula is C29H38N4O3. The predicted molar refractivity (Wildman–Crippen MR) is 141 cm³/mol. The van der Waals surface area contributed by atoms with Gasteiger partial charge >= 0.3 is 0 Å². The van der Waals surface area contributed by atoms with Crippen molar-refractivity contribution in [3.05, 3.63) is 71.4 Å². The number of amides is 1. The third-order valence-corrected chi connectivity index (χ3v) is 6.76. The number of hydrogen-bond acceptors (Lipinski definition) is 6. The molecule has 1 fully saturated rings. The molecule has 0 bridgehead atoms. The molecule has 1 N–H and O–H groups in total. The summed E-state index contributed by atoms with van der Waals surface area (Å²) in [6, 6.07) is 11.1. The Labute approximate surface area is 214 Å². The van der Waals surface area contributed by atoms with Crippen molar-refractivity contribution in [1.82, 2.24) is 20.2 Å². The van der Waals surface area contributed by atoms with Gasteiger partial charge in [0.2, 0.25) is 5.89 Å². The molecule has 0 radical (unpaired) electrons. The van der Waals surface area contributed by atoms with E-state index in [1.807, 2.05) is 31.2 Å². The zero-order chi connectivity index (χ0) is 25.5. The van der Waals surface area contributed by atoms with E-state index < -0.39 is 0 Å². The van der Waals surface area contributed by atoms with E-state index in [-0.39, 0.29) is 11.4 Å². The van der Waals surface area contributed by atoms with Crippen molar-refractivity contribution in [2.45, 2.75) is 71.6 Å². The van der Waals surface area contributed by atoms with Gasteiger partial charge in [0.15, 0.2) is 0 Å². The van der Waals surface area contributed by atoms with E-state index in [0.29, 0.717) is 24.1 Å². The Kier molecular flexibility index (Phi) is 8.54. The summed E-state index contributed by atoms with van der Waals surface area (Å²) in [6.45, 7) is 12.2. The Morgan fingerprint density at radius 3 is 2.58 bits per heavy atom. The van der Waals surface area contributed by atoms with Crippen molar-refractivity contribution in [2.24, 2.45) is 0 Å². The second-order valence-corrected chi connectivity index (χ2v) is 10.5. The van der Waals surface area contributed by atoms with Crippen LogP contribution in [0.5, 0.6) is 0 Å². The van der Waals surface area contributed by atoms with Gasteiger partial charge in [0, 0.05) is 55.3 Å². The molecule has 192 valence electrons. The zero-order valence-electron chi connectivity index (χ0n) is 21.9. The summed E-state index contributed by atoms with van der Waals surface area (Å²) in [5.41, 5.74) is 3.61. The maximum atomic E-state index is 12.5. The van der Waals surface area contributed by atoms with Crippen molar-refractivity contribution in [3.8, 4) is 11.5 Å². The van der Waals surface area contributed by atoms with Crippen molar-refractivity contribution in [1.29, 1.82) is 0 Å². The van der Waals surface area contributed by atoms with Gasteiger partial charge in [0.1, 0.15) is 5.76 Å². The molecule has 3 aromatic rings. The highest BCUT2D eigenvalue weighted by Crippen LogP contribution is 2.24. The average Bonchev–Trinajstić information content (AvgIpc) is 3.26. The molecule has 3 heterocycles. The van der Waals surface area contributed by atoms with Crippen LogP contribution < -0.4 is 5.32 Å². The van der Waals surface area contributed by atoms with Gasteiger partial charge in [0.05, 0.1) is 11.8 Å². The van der Waals surface area contributed by atoms with Crippen LogP contribution >= 0.6 is 0 Å². The summed E-state index contributed by atoms with van der Waals surface area (Å²) in [4.78, 5) is 23.8. The lowest BCUT2D eigenvalue weighted by atomic mass is 9.99. The Balaban J connectivity index is 1.23. The Hall–Kier alpha value is -3.03. The molecule has 7 nitrogen and oxygen atoms in total. The van der Waals surface area contributed by atoms with E-state index in [4.69, 9.17) is 14.1 Å². The number of hydrogen-bond donors (Lipinski definition) is 1. The van der Waals surface area contributed by atoms with Gasteiger partial charge in [-0.1, -0.05) is 6.07 Å². The second-order valence-electron chi connectivity index (χ2n) is 10.5. The Morgan fingerprint density at radius 1 is 1.17 bits per heavy atom. The highest BCUT2D eigenvalue weighted by molar-refractivity contribution is 5.94. The van der Waals surface area contributed by atoms with Gasteiger partial charge in [-0.3, -0.25) is 14.7 Å². The van der Waals surface area contributed by atoms with Crippen molar-refractivity contribution in [3.63, 3.8) is 0 Å². The molecule has 36 heavy (non-hydrogen) atoms. The summed E-state index contributed by atoms with van der Waals surface area (Å²) in [6.07, 6.45) is 7.76. The standard InChI is InChI=1S/C29H38N4O3/c1-21-26(8-6-18-35-25-13-16-33(17-14-25)29(2,3)4)32-28(36-21)24-11-9-23(10-12-24)27(34)31-20-22-7-5-15-30-19-22/h5,7,9-12,15,19,25H,6,8,13-14,16-18,20H2,1-4H3,(H,31,34). The highest BCUT2D eigenvalue weighted by Gasteiger charge is 2.27. The third-order valence-electron chi connectivity index (χ3n) is 6.76. The summed E-state index contributed by atoms with van der Waals surface area (Å²) < 4.78 is 12.1. The van der Waals surface area contributed by atoms with Crippen LogP contribution in [-0.2, 0) is 17.7 Å². The van der Waals surface area contributed by atoms with E-state index in [2.05, 4.69) is 36.0 Å². The highest BCUT2D eigenvalue weighted by atomic mass is 16.5. The molecule has 1 aromatic carbocycles. The molecular weight excluding hydrogens is 452 g/mol. The molecule has 4 rings (SSSR count). The largest absolute Gasteiger partial charge is 0.441 e. The number of aryl methyl sites for hydroxylation is 2. The third kappa shape index (κ3) is 7.02. The fourth-order valence-corrected chi connectivity index (χ4v) is 4.52. The maximum Gasteiger partial charge on any atom is 0.251 e. The van der Waals surface area contributed by atoms with Gasteiger partial charge < -0.3 is 14.5 Å². The predicted octanol–water partition coefficient (Wildman–Crippen LogP) is 5.19. The van der Waals surface area contributed by atoms with Crippen LogP contribution in [0.1, 0.15) is 67.4 Å². The minimum atomic E-state index is -0.126. The van der Waals surface area contributed by atoms with Crippen LogP contribution in [0.25, 0.3) is 11.5 Å². The molecule has 0 aliphatic carbocycles. The van der Waals surface area contributed by atoms with E-state index in [1.54, 1.807) is 24.5 Å². The van der Waals surface area contributed by atoms with Crippen LogP contribution in [-0.4, -0.2) is 52.1 Å². The number of likely N-dealkylation sites (tertiary alicyclic amines) is 1. The average molecular weight is 491 g/mol. The molecule has 1 amide bonds. The van der Waals surface area contributed by atoms with Crippen LogP contribution in [0.2, 0.25) is 0 Å². The number of nitrogens with one attached hydrogen (secondary N) is 1. The number of benzene rings is 1. The van der Waals surface area contributed by atoms with E-state index in [1.165, 1.54) is 0 Å². The molecule has 0 spiro atoms. The first-order valence-electron chi connectivity index (χ1n) is 12.9. The second kappa shape index (κ2) is 11.8. The van der Waals surface area contributed by atoms with Crippen LogP contribution in [0.3, 0.4) is 0 Å². The molecule has 1 aliphatic heterocycles. The number of pyridine rings is 1. The van der Waals surface area contributed by atoms with E-state index in [9.17, 15) is 4.79 Å². The number of ether oxygens (including phenoxy) is 1. The molecule has 7 heteroatoms. The first kappa shape index (κ1) is 26.0. The quantitative estimate of drug-likeness (QED) is 0.416. The Morgan fingerprint density at radius 2 is 1.92 bits per heavy atom. The minimum absolute atomic E-state index is 0.126. The van der Waals surface area contributed by atoms with Crippen LogP contribution in [0.4, 0.5) is 0 Å². The molecule has 0 saturated carbocycles. The zero-order valence-corrected chi connectivity index (χ0v) is 21.9. The van der Waals surface area contributed by atoms with Crippen molar-refractivity contribution in [2.75, 3.05) is 19.7 Å². The first-order valence-corrected chi connectivity index (χ1v) is 12.9. The smallest absolute Gasteiger partial charge is 0.251 e. The summed E-state index contributed by atoms with van der Waals surface area (Å²) in [7, 11) is 0. The van der Waals surface area contributed by atoms with Gasteiger partial charge in [-0.05, 0) is 89.3 Å². The number of rotatable bonds is 9. The lowest BCUT2D eigenvalue weighted by Crippen LogP contribution is -2.47. The van der Waals surface area contributed by atoms with Gasteiger partial charge in [-0.2, -0.15) is 0 Å². The number of piperidine rings is 1. The maximum absolute atomic E-state index is 12.5. The monoisotopic (exact) mass is 490 g/mol. The summed E-state index contributed by atoms with van der Waals surface area (Å²) in [5, 5.41) is 2.92. The number of oxazole rings is 1. The lowest BCUT2D eigenvalue weighted by Gasteiger charge is -2.40. The fourth-order valence-electron chi connectivity index (χ4n) is 4.52. The normalized spacial score (nSPS) is 15.2. The van der Waals surface area contributed by atoms with E-state index in [0.717, 1.165) is 68.0 Å². The Bertz CT molecular complexity index is 1110. The van der Waals surface area contributed by atoms with Gasteiger partial charge in [0.25, 0.3) is 5.91 Å². The topological polar surface area (TPSA) is 80.5 Å². The molecule has 2 aromatic heterocycles. The lowest BCUT2D eigenvalue weighted by molar-refractivity contribution is -0.0135. The minimum Gasteiger partial charge on any atom is -0.441 e. The number of aromatic nitrogens is 2. The summed E-state index contributed by atoms with van der Waals surface area (Å²) in [5.74, 6) is 1.29. The molecule has 1 saturated heterocycles. The number of carbonyl (C=O) groups excluding carboxylic acids is 1. The fraction of sp³-hybridized carbons (Fsp3) is 0.483.